The maximum absolute atomic E-state index is 6.13. The Hall–Kier alpha value is -1.84. The van der Waals surface area contributed by atoms with E-state index in [1.807, 2.05) is 25.1 Å². The van der Waals surface area contributed by atoms with Gasteiger partial charge in [0.1, 0.15) is 22.5 Å². The minimum atomic E-state index is 0.425. The third-order valence-electron chi connectivity index (χ3n) is 2.78. The molecule has 0 amide bonds. The summed E-state index contributed by atoms with van der Waals surface area (Å²) in [5.41, 5.74) is 0.797. The van der Waals surface area contributed by atoms with Crippen molar-refractivity contribution in [1.29, 1.82) is 0 Å². The zero-order chi connectivity index (χ0) is 14.1. The molecule has 0 fully saturated rings. The van der Waals surface area contributed by atoms with Crippen LogP contribution in [0.3, 0.4) is 0 Å². The lowest BCUT2D eigenvalue weighted by Crippen LogP contribution is -1.91. The molecule has 100 valence electrons. The van der Waals surface area contributed by atoms with E-state index in [-0.39, 0.29) is 0 Å². The van der Waals surface area contributed by atoms with Crippen molar-refractivity contribution in [1.82, 2.24) is 9.97 Å². The van der Waals surface area contributed by atoms with Crippen molar-refractivity contribution in [3.8, 4) is 11.5 Å². The summed E-state index contributed by atoms with van der Waals surface area (Å²) in [6.45, 7) is 1.81. The number of hydrogen-bond acceptors (Lipinski definition) is 3. The number of aryl methyl sites for hydroxylation is 1. The molecule has 2 aromatic carbocycles. The van der Waals surface area contributed by atoms with Crippen LogP contribution in [0.15, 0.2) is 42.5 Å². The summed E-state index contributed by atoms with van der Waals surface area (Å²) in [6.07, 6.45) is 0. The molecule has 5 heteroatoms. The van der Waals surface area contributed by atoms with Gasteiger partial charge in [-0.2, -0.15) is 0 Å². The number of benzene rings is 2. The Bertz CT molecular complexity index is 773. The average Bonchev–Trinajstić information content (AvgIpc) is 2.42. The molecule has 0 N–H and O–H groups in total. The van der Waals surface area contributed by atoms with Crippen LogP contribution in [-0.4, -0.2) is 9.97 Å². The van der Waals surface area contributed by atoms with Crippen molar-refractivity contribution in [2.75, 3.05) is 0 Å². The average molecular weight is 305 g/mol. The molecule has 0 aliphatic carbocycles. The summed E-state index contributed by atoms with van der Waals surface area (Å²) in [5, 5.41) is 1.86. The van der Waals surface area contributed by atoms with Crippen LogP contribution in [0.2, 0.25) is 10.2 Å². The standard InChI is InChI=1S/C15H10Cl2N2O/c1-9-18-14-7-6-12(8-13(14)15(17)19-9)20-11-4-2-10(16)3-5-11/h2-8H,1H3. The van der Waals surface area contributed by atoms with Gasteiger partial charge in [0.15, 0.2) is 0 Å². The van der Waals surface area contributed by atoms with Gasteiger partial charge in [0.2, 0.25) is 0 Å². The van der Waals surface area contributed by atoms with Crippen molar-refractivity contribution >= 4 is 34.1 Å². The van der Waals surface area contributed by atoms with Crippen molar-refractivity contribution in [3.63, 3.8) is 0 Å². The molecule has 0 bridgehead atoms. The van der Waals surface area contributed by atoms with Gasteiger partial charge in [0.05, 0.1) is 5.52 Å². The minimum absolute atomic E-state index is 0.425. The van der Waals surface area contributed by atoms with Gasteiger partial charge in [-0.25, -0.2) is 9.97 Å². The van der Waals surface area contributed by atoms with Gasteiger partial charge in [-0.3, -0.25) is 0 Å². The molecule has 0 aliphatic heterocycles. The van der Waals surface area contributed by atoms with Gasteiger partial charge in [-0.15, -0.1) is 0 Å². The summed E-state index contributed by atoms with van der Waals surface area (Å²) in [7, 11) is 0. The predicted octanol–water partition coefficient (Wildman–Crippen LogP) is 5.04. The highest BCUT2D eigenvalue weighted by Crippen LogP contribution is 2.28. The van der Waals surface area contributed by atoms with Crippen LogP contribution in [0.25, 0.3) is 10.9 Å². The van der Waals surface area contributed by atoms with Gasteiger partial charge in [0, 0.05) is 10.4 Å². The zero-order valence-corrected chi connectivity index (χ0v) is 12.1. The Morgan fingerprint density at radius 2 is 1.60 bits per heavy atom. The molecule has 1 heterocycles. The molecule has 0 unspecified atom stereocenters. The van der Waals surface area contributed by atoms with Crippen LogP contribution in [0.1, 0.15) is 5.82 Å². The highest BCUT2D eigenvalue weighted by Gasteiger charge is 2.06. The molecule has 3 rings (SSSR count). The Labute approximate surface area is 126 Å². The van der Waals surface area contributed by atoms with E-state index in [0.717, 1.165) is 10.9 Å². The van der Waals surface area contributed by atoms with Gasteiger partial charge in [-0.1, -0.05) is 23.2 Å². The molecule has 0 saturated carbocycles. The number of aromatic nitrogens is 2. The van der Waals surface area contributed by atoms with Crippen molar-refractivity contribution < 1.29 is 4.74 Å². The second kappa shape index (κ2) is 5.27. The number of ether oxygens (including phenoxy) is 1. The molecule has 3 aromatic rings. The maximum Gasteiger partial charge on any atom is 0.140 e. The van der Waals surface area contributed by atoms with Crippen LogP contribution in [-0.2, 0) is 0 Å². The molecular weight excluding hydrogens is 295 g/mol. The van der Waals surface area contributed by atoms with Crippen LogP contribution >= 0.6 is 23.2 Å². The maximum atomic E-state index is 6.13. The predicted molar refractivity (Wildman–Crippen MR) is 80.8 cm³/mol. The first kappa shape index (κ1) is 13.2. The fourth-order valence-corrected chi connectivity index (χ4v) is 2.28. The SMILES string of the molecule is Cc1nc(Cl)c2cc(Oc3ccc(Cl)cc3)ccc2n1. The van der Waals surface area contributed by atoms with E-state index >= 15 is 0 Å². The number of hydrogen-bond donors (Lipinski definition) is 0. The summed E-state index contributed by atoms with van der Waals surface area (Å²) >= 11 is 12.0. The molecule has 1 aromatic heterocycles. The van der Waals surface area contributed by atoms with Crippen molar-refractivity contribution in [2.45, 2.75) is 6.92 Å². The van der Waals surface area contributed by atoms with Crippen LogP contribution in [0.5, 0.6) is 11.5 Å². The minimum Gasteiger partial charge on any atom is -0.457 e. The lowest BCUT2D eigenvalue weighted by molar-refractivity contribution is 0.483. The molecule has 0 radical (unpaired) electrons. The van der Waals surface area contributed by atoms with E-state index < -0.39 is 0 Å². The zero-order valence-electron chi connectivity index (χ0n) is 10.6. The van der Waals surface area contributed by atoms with E-state index in [1.54, 1.807) is 24.3 Å². The number of nitrogens with zero attached hydrogens (tertiary/aromatic N) is 2. The fourth-order valence-electron chi connectivity index (χ4n) is 1.88. The van der Waals surface area contributed by atoms with Gasteiger partial charge in [0.25, 0.3) is 0 Å². The topological polar surface area (TPSA) is 35.0 Å². The fraction of sp³-hybridized carbons (Fsp3) is 0.0667. The third-order valence-corrected chi connectivity index (χ3v) is 3.32. The summed E-state index contributed by atoms with van der Waals surface area (Å²) in [6, 6.07) is 12.7. The lowest BCUT2D eigenvalue weighted by Gasteiger charge is -2.07. The Morgan fingerprint density at radius 1 is 0.900 bits per heavy atom. The highest BCUT2D eigenvalue weighted by atomic mass is 35.5. The Kier molecular flexibility index (Phi) is 3.47. The van der Waals surface area contributed by atoms with Crippen LogP contribution in [0.4, 0.5) is 0 Å². The van der Waals surface area contributed by atoms with Crippen molar-refractivity contribution in [2.24, 2.45) is 0 Å². The number of fused-ring (bicyclic) bond motifs is 1. The number of halogens is 2. The lowest BCUT2D eigenvalue weighted by atomic mass is 10.2. The van der Waals surface area contributed by atoms with Crippen molar-refractivity contribution in [3.05, 3.63) is 58.5 Å². The van der Waals surface area contributed by atoms with E-state index in [1.165, 1.54) is 0 Å². The summed E-state index contributed by atoms with van der Waals surface area (Å²) in [5.74, 6) is 2.03. The first-order valence-corrected chi connectivity index (χ1v) is 6.75. The van der Waals surface area contributed by atoms with Gasteiger partial charge < -0.3 is 4.74 Å². The molecule has 0 saturated heterocycles. The summed E-state index contributed by atoms with van der Waals surface area (Å²) in [4.78, 5) is 8.47. The van der Waals surface area contributed by atoms with Crippen LogP contribution in [0, 0.1) is 6.92 Å². The van der Waals surface area contributed by atoms with Crippen LogP contribution < -0.4 is 4.74 Å². The number of rotatable bonds is 2. The smallest absolute Gasteiger partial charge is 0.140 e. The van der Waals surface area contributed by atoms with Gasteiger partial charge >= 0.3 is 0 Å². The van der Waals surface area contributed by atoms with E-state index in [9.17, 15) is 0 Å². The normalized spacial score (nSPS) is 10.8. The quantitative estimate of drug-likeness (QED) is 0.622. The first-order valence-electron chi connectivity index (χ1n) is 5.99. The van der Waals surface area contributed by atoms with Gasteiger partial charge in [-0.05, 0) is 49.4 Å². The third kappa shape index (κ3) is 2.69. The first-order chi connectivity index (χ1) is 9.61. The van der Waals surface area contributed by atoms with E-state index in [2.05, 4.69) is 9.97 Å². The monoisotopic (exact) mass is 304 g/mol. The highest BCUT2D eigenvalue weighted by molar-refractivity contribution is 6.34. The Morgan fingerprint density at radius 3 is 2.35 bits per heavy atom. The molecular formula is C15H10Cl2N2O. The molecule has 0 atom stereocenters. The molecule has 3 nitrogen and oxygen atoms in total. The molecule has 0 spiro atoms. The second-order valence-corrected chi connectivity index (χ2v) is 5.09. The molecule has 0 aliphatic rings. The largest absolute Gasteiger partial charge is 0.457 e. The van der Waals surface area contributed by atoms with E-state index in [0.29, 0.717) is 27.5 Å². The second-order valence-electron chi connectivity index (χ2n) is 4.30. The molecule has 20 heavy (non-hydrogen) atoms. The van der Waals surface area contributed by atoms with E-state index in [4.69, 9.17) is 27.9 Å². The Balaban J connectivity index is 1.98. The summed E-state index contributed by atoms with van der Waals surface area (Å²) < 4.78 is 5.75.